The van der Waals surface area contributed by atoms with Crippen LogP contribution in [0, 0.1) is 0 Å². The van der Waals surface area contributed by atoms with Gasteiger partial charge in [-0.25, -0.2) is 0 Å². The lowest BCUT2D eigenvalue weighted by Gasteiger charge is -2.13. The van der Waals surface area contributed by atoms with Crippen molar-refractivity contribution in [2.75, 3.05) is 0 Å². The Morgan fingerprint density at radius 1 is 1.19 bits per heavy atom. The summed E-state index contributed by atoms with van der Waals surface area (Å²) in [4.78, 5) is 28.0. The molecule has 1 aromatic carbocycles. The van der Waals surface area contributed by atoms with Gasteiger partial charge in [-0.3, -0.25) is 19.4 Å². The molecule has 140 valence electrons. The topological polar surface area (TPSA) is 104 Å². The third kappa shape index (κ3) is 2.14. The Labute approximate surface area is 153 Å². The van der Waals surface area contributed by atoms with Crippen LogP contribution in [0.15, 0.2) is 26.1 Å². The maximum atomic E-state index is 12.8. The molecule has 1 aliphatic carbocycles. The van der Waals surface area contributed by atoms with Gasteiger partial charge in [0.1, 0.15) is 5.65 Å². The first-order chi connectivity index (χ1) is 13.0. The Morgan fingerprint density at radius 2 is 1.93 bits per heavy atom. The Kier molecular flexibility index (Phi) is 3.32. The first-order valence-corrected chi connectivity index (χ1v) is 9.42. The number of H-pyrrole nitrogens is 2. The van der Waals surface area contributed by atoms with Crippen LogP contribution in [0.3, 0.4) is 0 Å². The van der Waals surface area contributed by atoms with Crippen LogP contribution in [0.25, 0.3) is 33.1 Å². The fourth-order valence-corrected chi connectivity index (χ4v) is 4.48. The van der Waals surface area contributed by atoms with E-state index in [9.17, 15) is 14.7 Å². The second kappa shape index (κ2) is 5.52. The predicted octanol–water partition coefficient (Wildman–Crippen LogP) is 3.86. The number of phenolic OH excluding ortho intramolecular Hbond substituents is 1. The molecule has 0 spiro atoms. The molecule has 0 saturated heterocycles. The van der Waals surface area contributed by atoms with Gasteiger partial charge >= 0.3 is 0 Å². The molecule has 0 radical (unpaired) electrons. The summed E-state index contributed by atoms with van der Waals surface area (Å²) in [7, 11) is 0. The zero-order valence-corrected chi connectivity index (χ0v) is 15.3. The smallest absolute Gasteiger partial charge is 0.274 e. The van der Waals surface area contributed by atoms with Gasteiger partial charge in [0.2, 0.25) is 11.2 Å². The monoisotopic (exact) mass is 367 g/mol. The van der Waals surface area contributed by atoms with Crippen molar-refractivity contribution in [2.24, 2.45) is 0 Å². The van der Waals surface area contributed by atoms with Crippen molar-refractivity contribution in [1.82, 2.24) is 14.8 Å². The molecule has 1 saturated carbocycles. The van der Waals surface area contributed by atoms with Crippen molar-refractivity contribution < 1.29 is 9.52 Å². The zero-order chi connectivity index (χ0) is 18.9. The number of fused-ring (bicyclic) bond motifs is 4. The summed E-state index contributed by atoms with van der Waals surface area (Å²) in [5.41, 5.74) is 2.28. The molecule has 0 amide bonds. The van der Waals surface area contributed by atoms with Crippen molar-refractivity contribution in [2.45, 2.75) is 51.5 Å². The number of aromatic amines is 2. The lowest BCUT2D eigenvalue weighted by molar-refractivity contribution is 0.463. The molecule has 1 fully saturated rings. The average Bonchev–Trinajstić information content (AvgIpc) is 3.34. The molecule has 7 heteroatoms. The second-order valence-electron chi connectivity index (χ2n) is 7.76. The number of furan rings is 1. The highest BCUT2D eigenvalue weighted by molar-refractivity contribution is 6.09. The number of aromatic hydroxyl groups is 1. The van der Waals surface area contributed by atoms with Gasteiger partial charge in [0.15, 0.2) is 11.2 Å². The minimum atomic E-state index is -0.481. The largest absolute Gasteiger partial charge is 0.502 e. The van der Waals surface area contributed by atoms with E-state index in [0.29, 0.717) is 21.9 Å². The van der Waals surface area contributed by atoms with Crippen LogP contribution in [0.4, 0.5) is 0 Å². The van der Waals surface area contributed by atoms with Crippen LogP contribution >= 0.6 is 0 Å². The quantitative estimate of drug-likeness (QED) is 0.500. The van der Waals surface area contributed by atoms with Crippen molar-refractivity contribution in [3.8, 4) is 5.75 Å². The minimum Gasteiger partial charge on any atom is -0.502 e. The number of benzene rings is 1. The Balaban J connectivity index is 1.99. The Morgan fingerprint density at radius 3 is 2.63 bits per heavy atom. The number of aromatic nitrogens is 3. The maximum Gasteiger partial charge on any atom is 0.274 e. The average molecular weight is 367 g/mol. The first kappa shape index (κ1) is 16.2. The Bertz CT molecular complexity index is 1310. The minimum absolute atomic E-state index is 0.0274. The molecule has 3 aromatic heterocycles. The number of hydrogen-bond acceptors (Lipinski definition) is 4. The highest BCUT2D eigenvalue weighted by atomic mass is 16.4. The van der Waals surface area contributed by atoms with Crippen LogP contribution in [-0.4, -0.2) is 19.9 Å². The normalized spacial score (nSPS) is 15.8. The molecule has 7 nitrogen and oxygen atoms in total. The third-order valence-electron chi connectivity index (χ3n) is 5.75. The Hall–Kier alpha value is -2.96. The van der Waals surface area contributed by atoms with E-state index in [2.05, 4.69) is 10.1 Å². The second-order valence-corrected chi connectivity index (χ2v) is 7.76. The van der Waals surface area contributed by atoms with E-state index in [1.54, 1.807) is 6.07 Å². The van der Waals surface area contributed by atoms with Crippen LogP contribution < -0.4 is 11.0 Å². The van der Waals surface area contributed by atoms with Crippen molar-refractivity contribution in [1.29, 1.82) is 0 Å². The van der Waals surface area contributed by atoms with Crippen LogP contribution in [-0.2, 0) is 0 Å². The maximum absolute atomic E-state index is 12.8. The molecule has 27 heavy (non-hydrogen) atoms. The van der Waals surface area contributed by atoms with E-state index in [1.807, 2.05) is 18.5 Å². The number of rotatable bonds is 2. The molecular formula is C20H21N3O4. The third-order valence-corrected chi connectivity index (χ3v) is 5.75. The number of nitrogens with one attached hydrogen (secondary N) is 2. The summed E-state index contributed by atoms with van der Waals surface area (Å²) in [5.74, 6) is -0.372. The van der Waals surface area contributed by atoms with E-state index in [4.69, 9.17) is 4.42 Å². The summed E-state index contributed by atoms with van der Waals surface area (Å²) in [6.45, 7) is 4.01. The molecule has 0 bridgehead atoms. The van der Waals surface area contributed by atoms with Crippen LogP contribution in [0.1, 0.15) is 57.1 Å². The van der Waals surface area contributed by atoms with Crippen molar-refractivity contribution >= 4 is 33.1 Å². The van der Waals surface area contributed by atoms with Gasteiger partial charge in [-0.05, 0) is 30.9 Å². The number of nitrogens with zero attached hydrogens (tertiary/aromatic N) is 1. The SMILES string of the molecule is CC(C)c1c2oc3c(O)c(=O)ccc3c2[nH]c2c1c(=O)[nH]n2C1CCCC1. The lowest BCUT2D eigenvalue weighted by atomic mass is 9.99. The van der Waals surface area contributed by atoms with Gasteiger partial charge in [-0.15, -0.1) is 0 Å². The fraction of sp³-hybridized carbons (Fsp3) is 0.400. The standard InChI is InChI=1S/C20H21N3O4/c1-9(2)13-14-19(23(22-20(14)26)10-5-3-4-6-10)21-15-11-7-8-12(24)16(25)17(11)27-18(13)15/h7-10,21,25H,3-6H2,1-2H3,(H,22,26). The van der Waals surface area contributed by atoms with Crippen molar-refractivity contribution in [3.63, 3.8) is 0 Å². The van der Waals surface area contributed by atoms with E-state index < -0.39 is 11.2 Å². The molecule has 3 heterocycles. The van der Waals surface area contributed by atoms with E-state index in [-0.39, 0.29) is 23.1 Å². The number of hydrogen-bond donors (Lipinski definition) is 3. The van der Waals surface area contributed by atoms with Gasteiger partial charge in [0.25, 0.3) is 5.56 Å². The molecular weight excluding hydrogens is 346 g/mol. The van der Waals surface area contributed by atoms with Crippen LogP contribution in [0.2, 0.25) is 0 Å². The lowest BCUT2D eigenvalue weighted by Crippen LogP contribution is -2.10. The van der Waals surface area contributed by atoms with Gasteiger partial charge in [0, 0.05) is 10.9 Å². The van der Waals surface area contributed by atoms with Gasteiger partial charge in [-0.2, -0.15) is 0 Å². The molecule has 0 atom stereocenters. The fourth-order valence-electron chi connectivity index (χ4n) is 4.48. The molecule has 4 aromatic rings. The summed E-state index contributed by atoms with van der Waals surface area (Å²) in [5, 5.41) is 14.4. The molecule has 3 N–H and O–H groups in total. The van der Waals surface area contributed by atoms with Crippen LogP contribution in [0.5, 0.6) is 5.75 Å². The van der Waals surface area contributed by atoms with Gasteiger partial charge in [0.05, 0.1) is 16.9 Å². The molecule has 0 unspecified atom stereocenters. The number of phenols is 1. The number of pyridine rings is 1. The van der Waals surface area contributed by atoms with E-state index >= 15 is 0 Å². The molecule has 1 aliphatic rings. The van der Waals surface area contributed by atoms with Gasteiger partial charge in [-0.1, -0.05) is 26.7 Å². The summed E-state index contributed by atoms with van der Waals surface area (Å²) in [6, 6.07) is 3.25. The van der Waals surface area contributed by atoms with Gasteiger partial charge < -0.3 is 14.5 Å². The summed E-state index contributed by atoms with van der Waals surface area (Å²) in [6.07, 6.45) is 4.38. The summed E-state index contributed by atoms with van der Waals surface area (Å²) >= 11 is 0. The molecule has 5 rings (SSSR count). The zero-order valence-electron chi connectivity index (χ0n) is 15.3. The molecule has 0 aliphatic heterocycles. The summed E-state index contributed by atoms with van der Waals surface area (Å²) < 4.78 is 7.87. The predicted molar refractivity (Wildman–Crippen MR) is 104 cm³/mol. The first-order valence-electron chi connectivity index (χ1n) is 9.42. The van der Waals surface area contributed by atoms with E-state index in [0.717, 1.165) is 36.9 Å². The highest BCUT2D eigenvalue weighted by Gasteiger charge is 2.26. The van der Waals surface area contributed by atoms with E-state index in [1.165, 1.54) is 6.07 Å². The van der Waals surface area contributed by atoms with Crippen molar-refractivity contribution in [3.05, 3.63) is 38.3 Å². The highest BCUT2D eigenvalue weighted by Crippen LogP contribution is 2.39.